The van der Waals surface area contributed by atoms with Gasteiger partial charge in [0.1, 0.15) is 12.3 Å². The molecule has 0 radical (unpaired) electrons. The van der Waals surface area contributed by atoms with E-state index < -0.39 is 12.2 Å². The lowest BCUT2D eigenvalue weighted by atomic mass is 10.1. The molecule has 10 heteroatoms. The van der Waals surface area contributed by atoms with E-state index in [0.717, 1.165) is 17.2 Å². The van der Waals surface area contributed by atoms with Crippen LogP contribution in [-0.4, -0.2) is 72.2 Å². The van der Waals surface area contributed by atoms with Crippen LogP contribution in [0.25, 0.3) is 11.5 Å². The molecule has 2 heterocycles. The SMILES string of the molecule is CCNC(=NCCc1coc(-c2ccc(C)cc2)n1)N1CCN(C(C)C(F)(F)F)CC1.I. The first kappa shape index (κ1) is 26.4. The summed E-state index contributed by atoms with van der Waals surface area (Å²) in [5, 5.41) is 3.24. The summed E-state index contributed by atoms with van der Waals surface area (Å²) < 4.78 is 44.5. The van der Waals surface area contributed by atoms with Crippen molar-refractivity contribution in [3.05, 3.63) is 41.8 Å². The zero-order valence-electron chi connectivity index (χ0n) is 18.7. The molecule has 0 spiro atoms. The molecule has 178 valence electrons. The predicted molar refractivity (Wildman–Crippen MR) is 130 cm³/mol. The molecule has 1 aliphatic rings. The van der Waals surface area contributed by atoms with Gasteiger partial charge in [-0.15, -0.1) is 24.0 Å². The number of aryl methyl sites for hydroxylation is 1. The molecule has 0 amide bonds. The van der Waals surface area contributed by atoms with E-state index in [1.807, 2.05) is 43.0 Å². The van der Waals surface area contributed by atoms with E-state index in [0.29, 0.717) is 51.6 Å². The van der Waals surface area contributed by atoms with E-state index in [1.165, 1.54) is 17.4 Å². The van der Waals surface area contributed by atoms with Crippen molar-refractivity contribution in [2.45, 2.75) is 39.4 Å². The van der Waals surface area contributed by atoms with Crippen molar-refractivity contribution in [3.63, 3.8) is 0 Å². The highest BCUT2D eigenvalue weighted by atomic mass is 127. The molecular weight excluding hydrogens is 534 g/mol. The molecule has 0 saturated carbocycles. The zero-order valence-corrected chi connectivity index (χ0v) is 21.0. The molecule has 1 atom stereocenters. The second-order valence-electron chi connectivity index (χ2n) is 7.74. The fourth-order valence-corrected chi connectivity index (χ4v) is 3.48. The van der Waals surface area contributed by atoms with Crippen molar-refractivity contribution in [1.29, 1.82) is 0 Å². The molecule has 1 aromatic heterocycles. The molecule has 0 aliphatic carbocycles. The number of aromatic nitrogens is 1. The van der Waals surface area contributed by atoms with E-state index >= 15 is 0 Å². The first-order valence-electron chi connectivity index (χ1n) is 10.6. The van der Waals surface area contributed by atoms with Gasteiger partial charge in [-0.05, 0) is 32.9 Å². The molecule has 1 saturated heterocycles. The molecule has 1 unspecified atom stereocenters. The smallest absolute Gasteiger partial charge is 0.403 e. The first-order chi connectivity index (χ1) is 14.8. The van der Waals surface area contributed by atoms with Gasteiger partial charge in [0.25, 0.3) is 0 Å². The first-order valence-corrected chi connectivity index (χ1v) is 10.6. The molecule has 1 N–H and O–H groups in total. The van der Waals surface area contributed by atoms with Crippen LogP contribution >= 0.6 is 24.0 Å². The van der Waals surface area contributed by atoms with E-state index in [-0.39, 0.29) is 24.0 Å². The number of aliphatic imine (C=N–C) groups is 1. The standard InChI is InChI=1S/C22H30F3N5O.HI/c1-4-26-21(30-13-11-29(12-14-30)17(3)22(23,24)25)27-10-9-19-15-31-20(28-19)18-7-5-16(2)6-8-18;/h5-8,15,17H,4,9-14H2,1-3H3,(H,26,27);1H. The minimum atomic E-state index is -4.20. The van der Waals surface area contributed by atoms with Crippen molar-refractivity contribution in [3.8, 4) is 11.5 Å². The Hall–Kier alpha value is -1.82. The van der Waals surface area contributed by atoms with Gasteiger partial charge in [-0.3, -0.25) is 9.89 Å². The molecule has 1 fully saturated rings. The van der Waals surface area contributed by atoms with Crippen molar-refractivity contribution < 1.29 is 17.6 Å². The average molecular weight is 565 g/mol. The van der Waals surface area contributed by atoms with Gasteiger partial charge in [0.05, 0.1) is 5.69 Å². The number of piperazine rings is 1. The number of oxazole rings is 1. The van der Waals surface area contributed by atoms with Crippen molar-refractivity contribution >= 4 is 29.9 Å². The van der Waals surface area contributed by atoms with Gasteiger partial charge in [0, 0.05) is 51.3 Å². The molecular formula is C22H31F3IN5O. The quantitative estimate of drug-likeness (QED) is 0.321. The number of alkyl halides is 3. The molecule has 0 bridgehead atoms. The summed E-state index contributed by atoms with van der Waals surface area (Å²) >= 11 is 0. The Labute approximate surface area is 204 Å². The molecule has 32 heavy (non-hydrogen) atoms. The summed E-state index contributed by atoms with van der Waals surface area (Å²) in [6.07, 6.45) is -1.93. The monoisotopic (exact) mass is 565 g/mol. The second-order valence-corrected chi connectivity index (χ2v) is 7.74. The number of hydrogen-bond donors (Lipinski definition) is 1. The number of guanidine groups is 1. The topological polar surface area (TPSA) is 56.9 Å². The average Bonchev–Trinajstić information content (AvgIpc) is 3.21. The largest absolute Gasteiger partial charge is 0.444 e. The van der Waals surface area contributed by atoms with Gasteiger partial charge in [-0.25, -0.2) is 4.98 Å². The van der Waals surface area contributed by atoms with E-state index in [1.54, 1.807) is 6.26 Å². The Morgan fingerprint density at radius 1 is 1.19 bits per heavy atom. The number of nitrogens with one attached hydrogen (secondary N) is 1. The van der Waals surface area contributed by atoms with Crippen molar-refractivity contribution in [2.75, 3.05) is 39.3 Å². The van der Waals surface area contributed by atoms with Gasteiger partial charge in [-0.1, -0.05) is 17.7 Å². The Morgan fingerprint density at radius 2 is 1.84 bits per heavy atom. The Kier molecular flexibility index (Phi) is 9.81. The lowest BCUT2D eigenvalue weighted by molar-refractivity contribution is -0.181. The van der Waals surface area contributed by atoms with Crippen LogP contribution in [-0.2, 0) is 6.42 Å². The number of rotatable bonds is 6. The molecule has 1 aliphatic heterocycles. The van der Waals surface area contributed by atoms with E-state index in [4.69, 9.17) is 4.42 Å². The fraction of sp³-hybridized carbons (Fsp3) is 0.545. The highest BCUT2D eigenvalue weighted by molar-refractivity contribution is 14.0. The second kappa shape index (κ2) is 11.9. The van der Waals surface area contributed by atoms with E-state index in [9.17, 15) is 13.2 Å². The summed E-state index contributed by atoms with van der Waals surface area (Å²) in [6.45, 7) is 8.16. The predicted octanol–water partition coefficient (Wildman–Crippen LogP) is 4.34. The van der Waals surface area contributed by atoms with Crippen molar-refractivity contribution in [1.82, 2.24) is 20.1 Å². The zero-order chi connectivity index (χ0) is 22.4. The van der Waals surface area contributed by atoms with Crippen LogP contribution in [0, 0.1) is 6.92 Å². The molecule has 3 rings (SSSR count). The van der Waals surface area contributed by atoms with Gasteiger partial charge < -0.3 is 14.6 Å². The van der Waals surface area contributed by atoms with Crippen LogP contribution in [0.5, 0.6) is 0 Å². The summed E-state index contributed by atoms with van der Waals surface area (Å²) in [4.78, 5) is 12.7. The highest BCUT2D eigenvalue weighted by Gasteiger charge is 2.41. The maximum Gasteiger partial charge on any atom is 0.403 e. The number of hydrogen-bond acceptors (Lipinski definition) is 4. The van der Waals surface area contributed by atoms with Crippen LogP contribution in [0.2, 0.25) is 0 Å². The third-order valence-electron chi connectivity index (χ3n) is 5.45. The number of benzene rings is 1. The summed E-state index contributed by atoms with van der Waals surface area (Å²) in [5.41, 5.74) is 2.92. The molecule has 1 aromatic carbocycles. The minimum Gasteiger partial charge on any atom is -0.444 e. The van der Waals surface area contributed by atoms with Gasteiger partial charge in [-0.2, -0.15) is 13.2 Å². The van der Waals surface area contributed by atoms with Crippen LogP contribution in [0.1, 0.15) is 25.1 Å². The summed E-state index contributed by atoms with van der Waals surface area (Å²) in [6, 6.07) is 6.56. The Morgan fingerprint density at radius 3 is 2.44 bits per heavy atom. The van der Waals surface area contributed by atoms with Gasteiger partial charge >= 0.3 is 6.18 Å². The molecule has 6 nitrogen and oxygen atoms in total. The molecule has 2 aromatic rings. The van der Waals surface area contributed by atoms with Crippen LogP contribution < -0.4 is 5.32 Å². The third-order valence-corrected chi connectivity index (χ3v) is 5.45. The highest BCUT2D eigenvalue weighted by Crippen LogP contribution is 2.25. The number of halogens is 4. The van der Waals surface area contributed by atoms with Crippen LogP contribution in [0.3, 0.4) is 0 Å². The number of nitrogens with zero attached hydrogens (tertiary/aromatic N) is 4. The minimum absolute atomic E-state index is 0. The fourth-order valence-electron chi connectivity index (χ4n) is 3.48. The normalized spacial score (nSPS) is 16.6. The maximum absolute atomic E-state index is 13.0. The Bertz CT molecular complexity index is 861. The van der Waals surface area contributed by atoms with Gasteiger partial charge in [0.2, 0.25) is 5.89 Å². The Balaban J connectivity index is 0.00000363. The summed E-state index contributed by atoms with van der Waals surface area (Å²) in [5.74, 6) is 1.31. The van der Waals surface area contributed by atoms with Crippen LogP contribution in [0.4, 0.5) is 13.2 Å². The van der Waals surface area contributed by atoms with E-state index in [2.05, 4.69) is 15.3 Å². The lowest BCUT2D eigenvalue weighted by Crippen LogP contribution is -2.56. The third kappa shape index (κ3) is 7.09. The maximum atomic E-state index is 13.0. The summed E-state index contributed by atoms with van der Waals surface area (Å²) in [7, 11) is 0. The van der Waals surface area contributed by atoms with Crippen molar-refractivity contribution in [2.24, 2.45) is 4.99 Å². The lowest BCUT2D eigenvalue weighted by Gasteiger charge is -2.39. The van der Waals surface area contributed by atoms with Gasteiger partial charge in [0.15, 0.2) is 5.96 Å². The van der Waals surface area contributed by atoms with Crippen LogP contribution in [0.15, 0.2) is 39.9 Å².